The standard InChI is InChI=1S/C19H34N2O8/c1-14(6-7-20-17(24)28-15(2)9-26-12-22)8-19(4,5)11-21-18(25)29-16(3)10-27-13-23/h12-16H,6-11H2,1-5H3,(H,20,24)(H,21,25). The van der Waals surface area contributed by atoms with E-state index in [1.165, 1.54) is 0 Å². The Hall–Kier alpha value is -2.52. The van der Waals surface area contributed by atoms with Gasteiger partial charge in [0.1, 0.15) is 25.4 Å². The molecule has 10 heteroatoms. The Kier molecular flexibility index (Phi) is 13.2. The molecule has 2 N–H and O–H groups in total. The van der Waals surface area contributed by atoms with E-state index in [2.05, 4.69) is 27.0 Å². The van der Waals surface area contributed by atoms with E-state index in [4.69, 9.17) is 9.47 Å². The Morgan fingerprint density at radius 1 is 0.897 bits per heavy atom. The molecule has 3 unspecified atom stereocenters. The van der Waals surface area contributed by atoms with E-state index in [0.29, 0.717) is 32.0 Å². The lowest BCUT2D eigenvalue weighted by Gasteiger charge is -2.28. The molecular formula is C19H34N2O8. The average molecular weight is 418 g/mol. The van der Waals surface area contributed by atoms with Gasteiger partial charge in [-0.1, -0.05) is 20.8 Å². The second-order valence-electron chi connectivity index (χ2n) is 7.83. The first-order chi connectivity index (χ1) is 13.6. The monoisotopic (exact) mass is 418 g/mol. The smallest absolute Gasteiger partial charge is 0.407 e. The topological polar surface area (TPSA) is 129 Å². The molecule has 0 heterocycles. The molecule has 0 aliphatic carbocycles. The van der Waals surface area contributed by atoms with Crippen LogP contribution < -0.4 is 10.6 Å². The van der Waals surface area contributed by atoms with E-state index in [1.807, 2.05) is 13.8 Å². The maximum atomic E-state index is 11.8. The molecule has 0 saturated heterocycles. The first-order valence-corrected chi connectivity index (χ1v) is 9.59. The van der Waals surface area contributed by atoms with Crippen molar-refractivity contribution in [1.82, 2.24) is 10.6 Å². The first kappa shape index (κ1) is 26.5. The largest absolute Gasteiger partial charge is 0.464 e. The highest BCUT2D eigenvalue weighted by Crippen LogP contribution is 2.26. The number of carbonyl (C=O) groups is 4. The highest BCUT2D eigenvalue weighted by Gasteiger charge is 2.23. The number of alkyl carbamates (subject to hydrolysis) is 2. The van der Waals surface area contributed by atoms with Gasteiger partial charge in [-0.3, -0.25) is 9.59 Å². The summed E-state index contributed by atoms with van der Waals surface area (Å²) in [6.45, 7) is 10.9. The van der Waals surface area contributed by atoms with E-state index in [0.717, 1.165) is 12.8 Å². The van der Waals surface area contributed by atoms with Gasteiger partial charge in [-0.15, -0.1) is 0 Å². The minimum Gasteiger partial charge on any atom is -0.464 e. The molecule has 0 spiro atoms. The molecular weight excluding hydrogens is 384 g/mol. The minimum absolute atomic E-state index is 0.00959. The third-order valence-electron chi connectivity index (χ3n) is 3.93. The molecule has 0 aromatic heterocycles. The number of rotatable bonds is 15. The maximum absolute atomic E-state index is 11.8. The van der Waals surface area contributed by atoms with Crippen molar-refractivity contribution in [2.75, 3.05) is 26.3 Å². The fourth-order valence-corrected chi connectivity index (χ4v) is 2.72. The molecule has 0 rings (SSSR count). The van der Waals surface area contributed by atoms with Gasteiger partial charge in [-0.2, -0.15) is 0 Å². The predicted octanol–water partition coefficient (Wildman–Crippen LogP) is 2.00. The summed E-state index contributed by atoms with van der Waals surface area (Å²) in [6, 6.07) is 0. The molecule has 0 radical (unpaired) electrons. The van der Waals surface area contributed by atoms with Crippen LogP contribution >= 0.6 is 0 Å². The average Bonchev–Trinajstić information content (AvgIpc) is 2.62. The van der Waals surface area contributed by atoms with Crippen LogP contribution in [-0.4, -0.2) is 63.6 Å². The van der Waals surface area contributed by atoms with Crippen molar-refractivity contribution in [1.29, 1.82) is 0 Å². The lowest BCUT2D eigenvalue weighted by Crippen LogP contribution is -2.37. The fraction of sp³-hybridized carbons (Fsp3) is 0.789. The van der Waals surface area contributed by atoms with Crippen LogP contribution in [-0.2, 0) is 28.5 Å². The zero-order valence-corrected chi connectivity index (χ0v) is 17.9. The molecule has 0 bridgehead atoms. The highest BCUT2D eigenvalue weighted by molar-refractivity contribution is 5.67. The molecule has 0 saturated carbocycles. The third-order valence-corrected chi connectivity index (χ3v) is 3.93. The quantitative estimate of drug-likeness (QED) is 0.305. The zero-order valence-electron chi connectivity index (χ0n) is 17.9. The number of carbonyl (C=O) groups excluding carboxylic acids is 4. The zero-order chi connectivity index (χ0) is 22.3. The van der Waals surface area contributed by atoms with Crippen LogP contribution in [0.4, 0.5) is 9.59 Å². The van der Waals surface area contributed by atoms with Gasteiger partial charge in [0.15, 0.2) is 0 Å². The molecule has 168 valence electrons. The fourth-order valence-electron chi connectivity index (χ4n) is 2.72. The van der Waals surface area contributed by atoms with Crippen molar-refractivity contribution in [2.45, 2.75) is 59.7 Å². The number of hydrogen-bond acceptors (Lipinski definition) is 8. The number of ether oxygens (including phenoxy) is 4. The SMILES string of the molecule is CC(CCNC(=O)OC(C)COC=O)CC(C)(C)CNC(=O)OC(C)COC=O. The third kappa shape index (κ3) is 15.1. The summed E-state index contributed by atoms with van der Waals surface area (Å²) in [5.41, 5.74) is -0.178. The van der Waals surface area contributed by atoms with Crippen LogP contribution in [0.3, 0.4) is 0 Å². The molecule has 0 aromatic rings. The van der Waals surface area contributed by atoms with Crippen LogP contribution in [0.2, 0.25) is 0 Å². The summed E-state index contributed by atoms with van der Waals surface area (Å²) in [6.07, 6.45) is -0.615. The Morgan fingerprint density at radius 2 is 1.38 bits per heavy atom. The van der Waals surface area contributed by atoms with E-state index in [1.54, 1.807) is 13.8 Å². The molecule has 0 fully saturated rings. The van der Waals surface area contributed by atoms with E-state index in [9.17, 15) is 19.2 Å². The Balaban J connectivity index is 4.07. The van der Waals surface area contributed by atoms with Gasteiger partial charge in [0.2, 0.25) is 0 Å². The molecule has 0 aliphatic rings. The number of amides is 2. The Bertz CT molecular complexity index is 512. The van der Waals surface area contributed by atoms with Gasteiger partial charge in [0, 0.05) is 13.1 Å². The summed E-state index contributed by atoms with van der Waals surface area (Å²) >= 11 is 0. The normalized spacial score (nSPS) is 14.0. The molecule has 29 heavy (non-hydrogen) atoms. The van der Waals surface area contributed by atoms with Crippen LogP contribution in [0.5, 0.6) is 0 Å². The van der Waals surface area contributed by atoms with Gasteiger partial charge in [0.25, 0.3) is 12.9 Å². The van der Waals surface area contributed by atoms with Gasteiger partial charge < -0.3 is 29.6 Å². The number of nitrogens with one attached hydrogen (secondary N) is 2. The van der Waals surface area contributed by atoms with Crippen LogP contribution in [0.1, 0.15) is 47.5 Å². The van der Waals surface area contributed by atoms with Gasteiger partial charge in [-0.25, -0.2) is 9.59 Å². The van der Waals surface area contributed by atoms with Crippen molar-refractivity contribution in [3.63, 3.8) is 0 Å². The summed E-state index contributed by atoms with van der Waals surface area (Å²) < 4.78 is 19.2. The van der Waals surface area contributed by atoms with Crippen molar-refractivity contribution < 1.29 is 38.1 Å². The van der Waals surface area contributed by atoms with Crippen molar-refractivity contribution >= 4 is 25.1 Å². The van der Waals surface area contributed by atoms with E-state index < -0.39 is 24.4 Å². The van der Waals surface area contributed by atoms with E-state index >= 15 is 0 Å². The maximum Gasteiger partial charge on any atom is 0.407 e. The molecule has 2 amide bonds. The lowest BCUT2D eigenvalue weighted by atomic mass is 9.82. The van der Waals surface area contributed by atoms with Crippen LogP contribution in [0.25, 0.3) is 0 Å². The van der Waals surface area contributed by atoms with Gasteiger partial charge in [0.05, 0.1) is 0 Å². The van der Waals surface area contributed by atoms with Crippen LogP contribution in [0, 0.1) is 11.3 Å². The van der Waals surface area contributed by atoms with Crippen molar-refractivity contribution in [3.05, 3.63) is 0 Å². The Morgan fingerprint density at radius 3 is 1.86 bits per heavy atom. The molecule has 0 aliphatic heterocycles. The number of hydrogen-bond donors (Lipinski definition) is 2. The lowest BCUT2D eigenvalue weighted by molar-refractivity contribution is -0.131. The first-order valence-electron chi connectivity index (χ1n) is 9.59. The molecule has 3 atom stereocenters. The second-order valence-corrected chi connectivity index (χ2v) is 7.83. The minimum atomic E-state index is -0.565. The van der Waals surface area contributed by atoms with Crippen LogP contribution in [0.15, 0.2) is 0 Å². The highest BCUT2D eigenvalue weighted by atomic mass is 16.6. The molecule has 0 aromatic carbocycles. The predicted molar refractivity (Wildman–Crippen MR) is 104 cm³/mol. The van der Waals surface area contributed by atoms with Crippen molar-refractivity contribution in [3.8, 4) is 0 Å². The summed E-state index contributed by atoms with van der Waals surface area (Å²) in [4.78, 5) is 43.7. The van der Waals surface area contributed by atoms with Gasteiger partial charge >= 0.3 is 12.2 Å². The van der Waals surface area contributed by atoms with E-state index in [-0.39, 0.29) is 18.6 Å². The summed E-state index contributed by atoms with van der Waals surface area (Å²) in [5, 5.41) is 5.38. The molecule has 10 nitrogen and oxygen atoms in total. The van der Waals surface area contributed by atoms with Gasteiger partial charge in [-0.05, 0) is 38.0 Å². The summed E-state index contributed by atoms with van der Waals surface area (Å²) in [5.74, 6) is 0.291. The Labute approximate surface area is 172 Å². The summed E-state index contributed by atoms with van der Waals surface area (Å²) in [7, 11) is 0. The second kappa shape index (κ2) is 14.5. The van der Waals surface area contributed by atoms with Crippen molar-refractivity contribution in [2.24, 2.45) is 11.3 Å².